The lowest BCUT2D eigenvalue weighted by molar-refractivity contribution is 1.18. The molecule has 0 N–H and O–H groups in total. The maximum absolute atomic E-state index is 5.30. The molecule has 0 unspecified atom stereocenters. The number of nitrogens with zero attached hydrogens (tertiary/aromatic N) is 4. The van der Waals surface area contributed by atoms with Crippen molar-refractivity contribution < 1.29 is 0 Å². The van der Waals surface area contributed by atoms with Gasteiger partial charge in [-0.2, -0.15) is 0 Å². The Morgan fingerprint density at radius 3 is 2.08 bits per heavy atom. The van der Waals surface area contributed by atoms with Gasteiger partial charge in [0.05, 0.1) is 22.4 Å². The van der Waals surface area contributed by atoms with E-state index in [0.717, 1.165) is 60.9 Å². The van der Waals surface area contributed by atoms with E-state index in [9.17, 15) is 0 Å². The predicted octanol–water partition coefficient (Wildman–Crippen LogP) is 12.1. The van der Waals surface area contributed by atoms with Crippen molar-refractivity contribution in [2.75, 3.05) is 0 Å². The van der Waals surface area contributed by atoms with Gasteiger partial charge in [0.15, 0.2) is 5.82 Å². The standard InChI is InChI=1S/C45H26N4S/c1-2-11-28(12-3-1)37-26-38(29-19-22-40-35(24-29)32-14-6-7-15-39(32)50-40)47-45(46-37)30-18-20-33-36(25-30)42-31-13-5-4-10-27(31)17-21-34(42)43-44(33)49-23-9-8-16-41(49)48-43/h1-26H. The molecule has 0 fully saturated rings. The zero-order valence-electron chi connectivity index (χ0n) is 26.7. The molecule has 0 aliphatic carbocycles. The van der Waals surface area contributed by atoms with Gasteiger partial charge in [-0.25, -0.2) is 15.0 Å². The van der Waals surface area contributed by atoms with E-state index < -0.39 is 0 Å². The van der Waals surface area contributed by atoms with Crippen LogP contribution in [-0.2, 0) is 0 Å². The van der Waals surface area contributed by atoms with Crippen molar-refractivity contribution in [3.8, 4) is 33.9 Å². The molecule has 11 rings (SSSR count). The number of hydrogen-bond donors (Lipinski definition) is 0. The number of benzene rings is 7. The van der Waals surface area contributed by atoms with Gasteiger partial charge in [0.25, 0.3) is 0 Å². The van der Waals surface area contributed by atoms with Crippen molar-refractivity contribution in [1.82, 2.24) is 19.4 Å². The second-order valence-corrected chi connectivity index (χ2v) is 13.9. The molecule has 4 heterocycles. The Morgan fingerprint density at radius 2 is 1.16 bits per heavy atom. The van der Waals surface area contributed by atoms with E-state index in [1.54, 1.807) is 0 Å². The Balaban J connectivity index is 1.21. The first kappa shape index (κ1) is 27.5. The average molecular weight is 655 g/mol. The molecule has 0 aliphatic rings. The number of aromatic nitrogens is 4. The molecule has 0 spiro atoms. The monoisotopic (exact) mass is 654 g/mol. The Bertz CT molecular complexity index is 3160. The first-order valence-electron chi connectivity index (χ1n) is 16.8. The highest BCUT2D eigenvalue weighted by Gasteiger charge is 2.18. The first-order chi connectivity index (χ1) is 24.8. The molecule has 4 aromatic heterocycles. The number of rotatable bonds is 3. The van der Waals surface area contributed by atoms with Gasteiger partial charge in [0, 0.05) is 53.8 Å². The topological polar surface area (TPSA) is 43.1 Å². The van der Waals surface area contributed by atoms with E-state index in [1.165, 1.54) is 36.3 Å². The number of fused-ring (bicyclic) bond motifs is 13. The first-order valence-corrected chi connectivity index (χ1v) is 17.6. The maximum atomic E-state index is 5.30. The summed E-state index contributed by atoms with van der Waals surface area (Å²) in [6, 6.07) is 53.8. The highest BCUT2D eigenvalue weighted by Crippen LogP contribution is 2.41. The lowest BCUT2D eigenvalue weighted by Gasteiger charge is -2.13. The molecule has 0 saturated heterocycles. The van der Waals surface area contributed by atoms with E-state index in [1.807, 2.05) is 23.5 Å². The van der Waals surface area contributed by atoms with Crippen LogP contribution < -0.4 is 0 Å². The molecule has 0 saturated carbocycles. The van der Waals surface area contributed by atoms with E-state index in [-0.39, 0.29) is 0 Å². The van der Waals surface area contributed by atoms with Crippen LogP contribution >= 0.6 is 11.3 Å². The quantitative estimate of drug-likeness (QED) is 0.178. The van der Waals surface area contributed by atoms with Crippen molar-refractivity contribution in [3.05, 3.63) is 158 Å². The second-order valence-electron chi connectivity index (χ2n) is 12.8. The lowest BCUT2D eigenvalue weighted by atomic mass is 9.93. The summed E-state index contributed by atoms with van der Waals surface area (Å²) in [5, 5.41) is 9.60. The van der Waals surface area contributed by atoms with Crippen LogP contribution in [0.1, 0.15) is 0 Å². The second kappa shape index (κ2) is 10.5. The van der Waals surface area contributed by atoms with Gasteiger partial charge >= 0.3 is 0 Å². The third-order valence-electron chi connectivity index (χ3n) is 9.98. The minimum atomic E-state index is 0.699. The number of pyridine rings is 1. The fourth-order valence-electron chi connectivity index (χ4n) is 7.66. The minimum Gasteiger partial charge on any atom is -0.299 e. The van der Waals surface area contributed by atoms with E-state index in [0.29, 0.717) is 5.82 Å². The Kier molecular flexibility index (Phi) is 5.80. The molecular formula is C45H26N4S. The number of thiophene rings is 1. The molecule has 50 heavy (non-hydrogen) atoms. The summed E-state index contributed by atoms with van der Waals surface area (Å²) in [4.78, 5) is 15.7. The lowest BCUT2D eigenvalue weighted by Crippen LogP contribution is -1.96. The average Bonchev–Trinajstić information content (AvgIpc) is 3.76. The van der Waals surface area contributed by atoms with Crippen LogP contribution in [0.4, 0.5) is 0 Å². The summed E-state index contributed by atoms with van der Waals surface area (Å²) in [7, 11) is 0. The van der Waals surface area contributed by atoms with Gasteiger partial charge in [-0.3, -0.25) is 4.40 Å². The smallest absolute Gasteiger partial charge is 0.160 e. The summed E-state index contributed by atoms with van der Waals surface area (Å²) in [6.07, 6.45) is 2.11. The van der Waals surface area contributed by atoms with Crippen LogP contribution in [0.3, 0.4) is 0 Å². The van der Waals surface area contributed by atoms with E-state index in [4.69, 9.17) is 15.0 Å². The third-order valence-corrected chi connectivity index (χ3v) is 11.1. The molecule has 0 amide bonds. The molecule has 232 valence electrons. The molecule has 0 radical (unpaired) electrons. The largest absolute Gasteiger partial charge is 0.299 e. The number of hydrogen-bond acceptors (Lipinski definition) is 4. The molecule has 4 nitrogen and oxygen atoms in total. The molecule has 11 aromatic rings. The van der Waals surface area contributed by atoms with Crippen molar-refractivity contribution in [3.63, 3.8) is 0 Å². The SMILES string of the molecule is c1ccc(-c2cc(-c3ccc4sc5ccccc5c4c3)nc(-c3ccc4c(c3)c3c5ccccc5ccc3c3nc5ccccn5c43)n2)cc1. The zero-order valence-corrected chi connectivity index (χ0v) is 27.5. The van der Waals surface area contributed by atoms with Crippen molar-refractivity contribution in [2.45, 2.75) is 0 Å². The Labute approximate surface area is 290 Å². The fourth-order valence-corrected chi connectivity index (χ4v) is 8.75. The van der Waals surface area contributed by atoms with Crippen LogP contribution in [0.25, 0.3) is 103 Å². The summed E-state index contributed by atoms with van der Waals surface area (Å²) < 4.78 is 4.78. The summed E-state index contributed by atoms with van der Waals surface area (Å²) >= 11 is 1.83. The predicted molar refractivity (Wildman–Crippen MR) is 210 cm³/mol. The Morgan fingerprint density at radius 1 is 0.440 bits per heavy atom. The van der Waals surface area contributed by atoms with Gasteiger partial charge < -0.3 is 0 Å². The summed E-state index contributed by atoms with van der Waals surface area (Å²) in [5.41, 5.74) is 7.97. The highest BCUT2D eigenvalue weighted by atomic mass is 32.1. The van der Waals surface area contributed by atoms with E-state index in [2.05, 4.69) is 150 Å². The van der Waals surface area contributed by atoms with Crippen molar-refractivity contribution in [2.24, 2.45) is 0 Å². The molecule has 7 aromatic carbocycles. The van der Waals surface area contributed by atoms with Gasteiger partial charge in [-0.15, -0.1) is 11.3 Å². The van der Waals surface area contributed by atoms with Crippen LogP contribution in [0.2, 0.25) is 0 Å². The third kappa shape index (κ3) is 4.08. The Hall–Kier alpha value is -6.43. The summed E-state index contributed by atoms with van der Waals surface area (Å²) in [6.45, 7) is 0. The molecular weight excluding hydrogens is 629 g/mol. The zero-order chi connectivity index (χ0) is 32.8. The van der Waals surface area contributed by atoms with Crippen molar-refractivity contribution in [1.29, 1.82) is 0 Å². The highest BCUT2D eigenvalue weighted by molar-refractivity contribution is 7.25. The fraction of sp³-hybridized carbons (Fsp3) is 0. The van der Waals surface area contributed by atoms with Crippen LogP contribution in [0.15, 0.2) is 158 Å². The van der Waals surface area contributed by atoms with Crippen LogP contribution in [0, 0.1) is 0 Å². The molecule has 0 aliphatic heterocycles. The van der Waals surface area contributed by atoms with Crippen molar-refractivity contribution >= 4 is 80.5 Å². The van der Waals surface area contributed by atoms with Gasteiger partial charge in [-0.1, -0.05) is 109 Å². The minimum absolute atomic E-state index is 0.699. The molecule has 0 atom stereocenters. The van der Waals surface area contributed by atoms with Crippen LogP contribution in [0.5, 0.6) is 0 Å². The van der Waals surface area contributed by atoms with E-state index >= 15 is 0 Å². The van der Waals surface area contributed by atoms with Gasteiger partial charge in [-0.05, 0) is 64.0 Å². The summed E-state index contributed by atoms with van der Waals surface area (Å²) in [5.74, 6) is 0.699. The van der Waals surface area contributed by atoms with Gasteiger partial charge in [0.2, 0.25) is 0 Å². The maximum Gasteiger partial charge on any atom is 0.160 e. The van der Waals surface area contributed by atoms with Gasteiger partial charge in [0.1, 0.15) is 5.65 Å². The molecule has 5 heteroatoms. The number of imidazole rings is 1. The van der Waals surface area contributed by atoms with Crippen LogP contribution in [-0.4, -0.2) is 19.4 Å². The molecule has 0 bridgehead atoms. The normalized spacial score (nSPS) is 12.0.